The number of nitrogens with zero attached hydrogens (tertiary/aromatic N) is 3. The highest BCUT2D eigenvalue weighted by Crippen LogP contribution is 2.34. The van der Waals surface area contributed by atoms with Crippen molar-refractivity contribution in [2.45, 2.75) is 39.7 Å². The molecule has 1 amide bonds. The summed E-state index contributed by atoms with van der Waals surface area (Å²) in [6, 6.07) is 3.74. The number of carbonyl (C=O) groups is 1. The van der Waals surface area contributed by atoms with Gasteiger partial charge in [0.05, 0.1) is 23.1 Å². The molecule has 2 fully saturated rings. The summed E-state index contributed by atoms with van der Waals surface area (Å²) in [6.45, 7) is 7.93. The highest BCUT2D eigenvalue weighted by molar-refractivity contribution is 8.26. The van der Waals surface area contributed by atoms with Gasteiger partial charge >= 0.3 is 0 Å². The molecule has 2 aromatic rings. The number of rotatable bonds is 6. The van der Waals surface area contributed by atoms with Gasteiger partial charge in [-0.25, -0.2) is 4.98 Å². The Morgan fingerprint density at radius 2 is 2.23 bits per heavy atom. The Bertz CT molecular complexity index is 1120. The van der Waals surface area contributed by atoms with E-state index in [0.717, 1.165) is 25.0 Å². The molecule has 2 aromatic heterocycles. The number of ether oxygens (including phenoxy) is 1. The number of aryl methyl sites for hydroxylation is 1. The molecule has 4 rings (SSSR count). The number of amides is 1. The Balaban J connectivity index is 1.74. The minimum absolute atomic E-state index is 0.0149. The monoisotopic (exact) mass is 458 g/mol. The molecular formula is C22H26N4O3S2. The molecule has 9 heteroatoms. The van der Waals surface area contributed by atoms with Crippen LogP contribution in [0.15, 0.2) is 28.0 Å². The van der Waals surface area contributed by atoms with Gasteiger partial charge in [0.1, 0.15) is 15.8 Å². The second-order valence-corrected chi connectivity index (χ2v) is 9.94. The highest BCUT2D eigenvalue weighted by Gasteiger charge is 2.35. The fourth-order valence-corrected chi connectivity index (χ4v) is 4.91. The van der Waals surface area contributed by atoms with Gasteiger partial charge in [-0.15, -0.1) is 0 Å². The van der Waals surface area contributed by atoms with Crippen LogP contribution in [0.2, 0.25) is 0 Å². The third-order valence-electron chi connectivity index (χ3n) is 5.32. The normalized spacial score (nSPS) is 20.6. The molecule has 0 aliphatic carbocycles. The van der Waals surface area contributed by atoms with Gasteiger partial charge in [0.15, 0.2) is 0 Å². The second-order valence-electron chi connectivity index (χ2n) is 8.27. The predicted octanol–water partition coefficient (Wildman–Crippen LogP) is 3.45. The lowest BCUT2D eigenvalue weighted by atomic mass is 10.2. The molecule has 4 heterocycles. The van der Waals surface area contributed by atoms with E-state index in [9.17, 15) is 9.59 Å². The van der Waals surface area contributed by atoms with E-state index in [1.165, 1.54) is 16.2 Å². The predicted molar refractivity (Wildman–Crippen MR) is 128 cm³/mol. The fraction of sp³-hybridized carbons (Fsp3) is 0.455. The Labute approximate surface area is 190 Å². The minimum Gasteiger partial charge on any atom is -0.376 e. The molecule has 31 heavy (non-hydrogen) atoms. The minimum atomic E-state index is -0.218. The van der Waals surface area contributed by atoms with Crippen LogP contribution in [0.3, 0.4) is 0 Å². The van der Waals surface area contributed by atoms with Crippen molar-refractivity contribution >= 4 is 51.7 Å². The number of anilines is 1. The first-order chi connectivity index (χ1) is 14.8. The standard InChI is InChI=1S/C22H26N4O3S2/c1-13(2)11-23-18-16(20(27)25-8-4-6-14(3)19(25)24-18)10-17-21(28)26(22(30)31-17)12-15-7-5-9-29-15/h4,6,8,10,13,15,23H,5,7,9,11-12H2,1-3H3. The van der Waals surface area contributed by atoms with Gasteiger partial charge in [-0.2, -0.15) is 0 Å². The summed E-state index contributed by atoms with van der Waals surface area (Å²) in [6.07, 6.45) is 5.26. The molecule has 2 aliphatic rings. The lowest BCUT2D eigenvalue weighted by molar-refractivity contribution is -0.123. The van der Waals surface area contributed by atoms with Crippen LogP contribution in [-0.2, 0) is 9.53 Å². The molecule has 0 saturated carbocycles. The van der Waals surface area contributed by atoms with Crippen molar-refractivity contribution < 1.29 is 9.53 Å². The topological polar surface area (TPSA) is 75.9 Å². The number of thiocarbonyl (C=S) groups is 1. The summed E-state index contributed by atoms with van der Waals surface area (Å²) >= 11 is 6.67. The third kappa shape index (κ3) is 4.53. The van der Waals surface area contributed by atoms with Crippen molar-refractivity contribution in [3.63, 3.8) is 0 Å². The van der Waals surface area contributed by atoms with E-state index in [4.69, 9.17) is 21.9 Å². The van der Waals surface area contributed by atoms with Crippen molar-refractivity contribution in [2.75, 3.05) is 25.0 Å². The van der Waals surface area contributed by atoms with Crippen LogP contribution < -0.4 is 10.9 Å². The van der Waals surface area contributed by atoms with Crippen LogP contribution >= 0.6 is 24.0 Å². The Hall–Kier alpha value is -2.23. The number of pyridine rings is 1. The Morgan fingerprint density at radius 1 is 1.42 bits per heavy atom. The Kier molecular flexibility index (Phi) is 6.45. The van der Waals surface area contributed by atoms with Crippen molar-refractivity contribution in [2.24, 2.45) is 5.92 Å². The van der Waals surface area contributed by atoms with Crippen LogP contribution in [-0.4, -0.2) is 50.3 Å². The second kappa shape index (κ2) is 9.10. The molecule has 0 aromatic carbocycles. The summed E-state index contributed by atoms with van der Waals surface area (Å²) in [4.78, 5) is 33.1. The number of hydrogen-bond acceptors (Lipinski definition) is 7. The molecule has 2 aliphatic heterocycles. The van der Waals surface area contributed by atoms with Crippen molar-refractivity contribution in [1.82, 2.24) is 14.3 Å². The van der Waals surface area contributed by atoms with E-state index >= 15 is 0 Å². The maximum atomic E-state index is 13.3. The van der Waals surface area contributed by atoms with Gasteiger partial charge in [0.2, 0.25) is 0 Å². The fourth-order valence-electron chi connectivity index (χ4n) is 3.66. The number of fused-ring (bicyclic) bond motifs is 1. The Morgan fingerprint density at radius 3 is 2.94 bits per heavy atom. The molecule has 1 unspecified atom stereocenters. The first-order valence-electron chi connectivity index (χ1n) is 10.5. The number of hydrogen-bond donors (Lipinski definition) is 1. The largest absolute Gasteiger partial charge is 0.376 e. The maximum absolute atomic E-state index is 13.3. The van der Waals surface area contributed by atoms with Gasteiger partial charge in [-0.1, -0.05) is 43.9 Å². The highest BCUT2D eigenvalue weighted by atomic mass is 32.2. The van der Waals surface area contributed by atoms with Gasteiger partial charge in [-0.05, 0) is 43.4 Å². The summed E-state index contributed by atoms with van der Waals surface area (Å²) < 4.78 is 7.68. The van der Waals surface area contributed by atoms with E-state index in [1.54, 1.807) is 17.2 Å². The van der Waals surface area contributed by atoms with Gasteiger partial charge in [0, 0.05) is 19.3 Å². The quantitative estimate of drug-likeness (QED) is 0.525. The molecule has 164 valence electrons. The van der Waals surface area contributed by atoms with Gasteiger partial charge in [0.25, 0.3) is 11.5 Å². The number of nitrogens with one attached hydrogen (secondary N) is 1. The SMILES string of the molecule is Cc1cccn2c(=O)c(C=C3SC(=S)N(CC4CCCO4)C3=O)c(NCC(C)C)nc12. The van der Waals surface area contributed by atoms with Crippen molar-refractivity contribution in [3.05, 3.63) is 44.7 Å². The number of aromatic nitrogens is 2. The molecule has 0 spiro atoms. The first kappa shape index (κ1) is 22.0. The average Bonchev–Trinajstić information content (AvgIpc) is 3.33. The van der Waals surface area contributed by atoms with Crippen LogP contribution in [0.25, 0.3) is 11.7 Å². The molecular weight excluding hydrogens is 432 g/mol. The van der Waals surface area contributed by atoms with E-state index in [0.29, 0.717) is 45.3 Å². The van der Waals surface area contributed by atoms with E-state index in [2.05, 4.69) is 19.2 Å². The van der Waals surface area contributed by atoms with E-state index in [-0.39, 0.29) is 17.6 Å². The average molecular weight is 459 g/mol. The van der Waals surface area contributed by atoms with Crippen LogP contribution in [0, 0.1) is 12.8 Å². The number of carbonyl (C=O) groups excluding carboxylic acids is 1. The maximum Gasteiger partial charge on any atom is 0.267 e. The van der Waals surface area contributed by atoms with Crippen LogP contribution in [0.1, 0.15) is 37.8 Å². The summed E-state index contributed by atoms with van der Waals surface area (Å²) in [5, 5.41) is 3.29. The number of thioether (sulfide) groups is 1. The smallest absolute Gasteiger partial charge is 0.267 e. The zero-order valence-electron chi connectivity index (χ0n) is 17.9. The summed E-state index contributed by atoms with van der Waals surface area (Å²) in [7, 11) is 0. The third-order valence-corrected chi connectivity index (χ3v) is 6.70. The van der Waals surface area contributed by atoms with Gasteiger partial charge in [-0.3, -0.25) is 18.9 Å². The lowest BCUT2D eigenvalue weighted by Gasteiger charge is -2.18. The van der Waals surface area contributed by atoms with E-state index < -0.39 is 0 Å². The molecule has 0 radical (unpaired) electrons. The molecule has 7 nitrogen and oxygen atoms in total. The van der Waals surface area contributed by atoms with E-state index in [1.807, 2.05) is 19.1 Å². The molecule has 1 atom stereocenters. The zero-order chi connectivity index (χ0) is 22.1. The zero-order valence-corrected chi connectivity index (χ0v) is 19.5. The molecule has 1 N–H and O–H groups in total. The molecule has 2 saturated heterocycles. The van der Waals surface area contributed by atoms with Crippen LogP contribution in [0.5, 0.6) is 0 Å². The van der Waals surface area contributed by atoms with Crippen molar-refractivity contribution in [1.29, 1.82) is 0 Å². The lowest BCUT2D eigenvalue weighted by Crippen LogP contribution is -2.35. The first-order valence-corrected chi connectivity index (χ1v) is 11.7. The van der Waals surface area contributed by atoms with Crippen molar-refractivity contribution in [3.8, 4) is 0 Å². The molecule has 0 bridgehead atoms. The van der Waals surface area contributed by atoms with Gasteiger partial charge < -0.3 is 10.1 Å². The summed E-state index contributed by atoms with van der Waals surface area (Å²) in [5.41, 5.74) is 1.65. The summed E-state index contributed by atoms with van der Waals surface area (Å²) in [5.74, 6) is 0.668. The van der Waals surface area contributed by atoms with Crippen LogP contribution in [0.4, 0.5) is 5.82 Å².